The highest BCUT2D eigenvalue weighted by atomic mass is 15.1. The van der Waals surface area contributed by atoms with E-state index in [9.17, 15) is 0 Å². The van der Waals surface area contributed by atoms with Gasteiger partial charge in [-0.15, -0.1) is 0 Å². The van der Waals surface area contributed by atoms with Crippen LogP contribution in [0.1, 0.15) is 16.7 Å². The normalized spacial score (nSPS) is 11.4. The fraction of sp³-hybridized carbons (Fsp3) is 0.0714. The minimum absolute atomic E-state index is 0.820. The molecule has 0 heterocycles. The minimum atomic E-state index is 0.820. The molecule has 0 atom stereocenters. The molecule has 2 rings (SSSR count). The molecule has 80 valence electrons. The van der Waals surface area contributed by atoms with E-state index < -0.39 is 0 Å². The van der Waals surface area contributed by atoms with Crippen molar-refractivity contribution in [3.05, 3.63) is 71.3 Å². The van der Waals surface area contributed by atoms with Gasteiger partial charge in [0.15, 0.2) is 0 Å². The maximum atomic E-state index is 5.46. The smallest absolute Gasteiger partial charge is 0.0971 e. The number of nitrogens with two attached hydrogens (primary N) is 1. The Balaban J connectivity index is 2.42. The number of benzene rings is 2. The second kappa shape index (κ2) is 4.62. The van der Waals surface area contributed by atoms with Gasteiger partial charge in [-0.05, 0) is 6.92 Å². The summed E-state index contributed by atoms with van der Waals surface area (Å²) >= 11 is 0. The first-order chi connectivity index (χ1) is 7.81. The van der Waals surface area contributed by atoms with Gasteiger partial charge in [0.1, 0.15) is 0 Å². The van der Waals surface area contributed by atoms with Crippen LogP contribution in [-0.4, -0.2) is 5.71 Å². The summed E-state index contributed by atoms with van der Waals surface area (Å²) in [6, 6.07) is 18.1. The molecule has 0 fully saturated rings. The molecule has 0 saturated heterocycles. The predicted molar refractivity (Wildman–Crippen MR) is 67.4 cm³/mol. The van der Waals surface area contributed by atoms with Crippen LogP contribution in [-0.2, 0) is 0 Å². The first kappa shape index (κ1) is 10.4. The van der Waals surface area contributed by atoms with Gasteiger partial charge in [0, 0.05) is 11.1 Å². The van der Waals surface area contributed by atoms with Gasteiger partial charge >= 0.3 is 0 Å². The SMILES string of the molecule is Cc1ccc(/C(=N\N)c2ccccc2)cc1. The molecule has 0 aliphatic rings. The number of hydrogen-bond donors (Lipinski definition) is 1. The first-order valence-corrected chi connectivity index (χ1v) is 5.21. The van der Waals surface area contributed by atoms with Gasteiger partial charge in [-0.3, -0.25) is 0 Å². The fourth-order valence-corrected chi connectivity index (χ4v) is 1.62. The van der Waals surface area contributed by atoms with Crippen molar-refractivity contribution >= 4 is 5.71 Å². The Morgan fingerprint density at radius 1 is 0.875 bits per heavy atom. The van der Waals surface area contributed by atoms with Crippen LogP contribution in [0.15, 0.2) is 59.7 Å². The van der Waals surface area contributed by atoms with Gasteiger partial charge in [0.25, 0.3) is 0 Å². The average molecular weight is 210 g/mol. The number of hydrogen-bond acceptors (Lipinski definition) is 2. The van der Waals surface area contributed by atoms with Crippen LogP contribution >= 0.6 is 0 Å². The topological polar surface area (TPSA) is 38.4 Å². The van der Waals surface area contributed by atoms with E-state index in [1.54, 1.807) is 0 Å². The van der Waals surface area contributed by atoms with Crippen LogP contribution in [0.25, 0.3) is 0 Å². The monoisotopic (exact) mass is 210 g/mol. The molecule has 0 amide bonds. The summed E-state index contributed by atoms with van der Waals surface area (Å²) < 4.78 is 0. The van der Waals surface area contributed by atoms with E-state index in [0.29, 0.717) is 0 Å². The predicted octanol–water partition coefficient (Wildman–Crippen LogP) is 2.71. The molecule has 16 heavy (non-hydrogen) atoms. The second-order valence-corrected chi connectivity index (χ2v) is 3.71. The largest absolute Gasteiger partial charge is 0.323 e. The van der Waals surface area contributed by atoms with E-state index in [-0.39, 0.29) is 0 Å². The Kier molecular flexibility index (Phi) is 3.01. The van der Waals surface area contributed by atoms with E-state index >= 15 is 0 Å². The van der Waals surface area contributed by atoms with Crippen molar-refractivity contribution in [2.75, 3.05) is 0 Å². The first-order valence-electron chi connectivity index (χ1n) is 5.21. The lowest BCUT2D eigenvalue weighted by Gasteiger charge is -2.05. The molecule has 0 radical (unpaired) electrons. The maximum Gasteiger partial charge on any atom is 0.0971 e. The van der Waals surface area contributed by atoms with Gasteiger partial charge in [-0.2, -0.15) is 5.10 Å². The fourth-order valence-electron chi connectivity index (χ4n) is 1.62. The molecule has 0 aliphatic carbocycles. The van der Waals surface area contributed by atoms with Crippen molar-refractivity contribution in [1.29, 1.82) is 0 Å². The van der Waals surface area contributed by atoms with Gasteiger partial charge in [0.2, 0.25) is 0 Å². The molecule has 0 spiro atoms. The summed E-state index contributed by atoms with van der Waals surface area (Å²) in [5.41, 5.74) is 4.13. The van der Waals surface area contributed by atoms with E-state index in [1.807, 2.05) is 42.5 Å². The molecular weight excluding hydrogens is 196 g/mol. The summed E-state index contributed by atoms with van der Waals surface area (Å²) in [5, 5.41) is 3.87. The van der Waals surface area contributed by atoms with Crippen LogP contribution in [0.5, 0.6) is 0 Å². The summed E-state index contributed by atoms with van der Waals surface area (Å²) in [6.45, 7) is 2.06. The van der Waals surface area contributed by atoms with E-state index in [0.717, 1.165) is 16.8 Å². The Labute approximate surface area is 95.4 Å². The molecule has 0 aliphatic heterocycles. The van der Waals surface area contributed by atoms with Crippen LogP contribution in [0.3, 0.4) is 0 Å². The summed E-state index contributed by atoms with van der Waals surface area (Å²) in [4.78, 5) is 0. The Morgan fingerprint density at radius 3 is 2.00 bits per heavy atom. The van der Waals surface area contributed by atoms with Crippen molar-refractivity contribution < 1.29 is 0 Å². The third-order valence-electron chi connectivity index (χ3n) is 2.50. The average Bonchev–Trinajstić information content (AvgIpc) is 2.34. The van der Waals surface area contributed by atoms with Gasteiger partial charge in [-0.1, -0.05) is 60.2 Å². The van der Waals surface area contributed by atoms with Crippen LogP contribution < -0.4 is 5.84 Å². The molecule has 0 aromatic heterocycles. The molecule has 2 nitrogen and oxygen atoms in total. The Hall–Kier alpha value is -2.09. The summed E-state index contributed by atoms with van der Waals surface area (Å²) in [5.74, 6) is 5.46. The highest BCUT2D eigenvalue weighted by Gasteiger charge is 2.05. The zero-order valence-corrected chi connectivity index (χ0v) is 9.22. The third-order valence-corrected chi connectivity index (χ3v) is 2.50. The third kappa shape index (κ3) is 2.11. The van der Waals surface area contributed by atoms with Crippen molar-refractivity contribution in [1.82, 2.24) is 0 Å². The van der Waals surface area contributed by atoms with Gasteiger partial charge in [-0.25, -0.2) is 0 Å². The molecule has 0 bridgehead atoms. The van der Waals surface area contributed by atoms with Crippen molar-refractivity contribution in [2.24, 2.45) is 10.9 Å². The minimum Gasteiger partial charge on any atom is -0.323 e. The van der Waals surface area contributed by atoms with E-state index in [1.165, 1.54) is 5.56 Å². The van der Waals surface area contributed by atoms with Crippen molar-refractivity contribution in [3.63, 3.8) is 0 Å². The van der Waals surface area contributed by atoms with Crippen LogP contribution in [0.4, 0.5) is 0 Å². The second-order valence-electron chi connectivity index (χ2n) is 3.71. The molecule has 2 heteroatoms. The Bertz CT molecular complexity index is 484. The molecule has 2 aromatic carbocycles. The van der Waals surface area contributed by atoms with E-state index in [4.69, 9.17) is 5.84 Å². The zero-order chi connectivity index (χ0) is 11.4. The molecule has 2 N–H and O–H groups in total. The zero-order valence-electron chi connectivity index (χ0n) is 9.22. The van der Waals surface area contributed by atoms with Gasteiger partial charge < -0.3 is 5.84 Å². The summed E-state index contributed by atoms with van der Waals surface area (Å²) in [7, 11) is 0. The van der Waals surface area contributed by atoms with Crippen LogP contribution in [0, 0.1) is 6.92 Å². The highest BCUT2D eigenvalue weighted by Crippen LogP contribution is 2.11. The Morgan fingerprint density at radius 2 is 1.44 bits per heavy atom. The van der Waals surface area contributed by atoms with Crippen molar-refractivity contribution in [2.45, 2.75) is 6.92 Å². The lowest BCUT2D eigenvalue weighted by molar-refractivity contribution is 1.24. The van der Waals surface area contributed by atoms with Crippen molar-refractivity contribution in [3.8, 4) is 0 Å². The molecule has 0 saturated carbocycles. The molecule has 0 unspecified atom stereocenters. The molecular formula is C14H14N2. The molecule has 2 aromatic rings. The number of nitrogens with zero attached hydrogens (tertiary/aromatic N) is 1. The van der Waals surface area contributed by atoms with Crippen LogP contribution in [0.2, 0.25) is 0 Å². The number of aryl methyl sites for hydroxylation is 1. The lowest BCUT2D eigenvalue weighted by Crippen LogP contribution is -2.06. The quantitative estimate of drug-likeness (QED) is 0.462. The lowest BCUT2D eigenvalue weighted by atomic mass is 10.0. The number of hydrazone groups is 1. The number of rotatable bonds is 2. The maximum absolute atomic E-state index is 5.46. The van der Waals surface area contributed by atoms with E-state index in [2.05, 4.69) is 24.2 Å². The summed E-state index contributed by atoms with van der Waals surface area (Å²) in [6.07, 6.45) is 0. The standard InChI is InChI=1S/C14H14N2/c1-11-7-9-13(10-8-11)14(16-15)12-5-3-2-4-6-12/h2-10H,15H2,1H3/b16-14-. The van der Waals surface area contributed by atoms with Gasteiger partial charge in [0.05, 0.1) is 5.71 Å². The highest BCUT2D eigenvalue weighted by molar-refractivity contribution is 6.12.